The summed E-state index contributed by atoms with van der Waals surface area (Å²) in [5.41, 5.74) is 2.97. The second kappa shape index (κ2) is 8.23. The lowest BCUT2D eigenvalue weighted by atomic mass is 10.1. The molecule has 2 heterocycles. The minimum atomic E-state index is -0.431. The van der Waals surface area contributed by atoms with Gasteiger partial charge in [0.1, 0.15) is 18.1 Å². The number of amides is 1. The van der Waals surface area contributed by atoms with Crippen molar-refractivity contribution in [2.45, 2.75) is 20.4 Å². The SMILES string of the molecule is COc1ccc(-c2cc3nn(CC(=O)Nc4cc(Cl)ccc4C)c(=O)n3c(C)n2)cc1. The number of anilines is 1. The number of ether oxygens (including phenoxy) is 1. The van der Waals surface area contributed by atoms with Gasteiger partial charge in [-0.3, -0.25) is 4.79 Å². The number of fused-ring (bicyclic) bond motifs is 1. The molecule has 8 nitrogen and oxygen atoms in total. The molecule has 0 saturated carbocycles. The highest BCUT2D eigenvalue weighted by Gasteiger charge is 2.15. The Hall–Kier alpha value is -3.65. The van der Waals surface area contributed by atoms with E-state index in [0.29, 0.717) is 27.9 Å². The number of carbonyl (C=O) groups is 1. The maximum absolute atomic E-state index is 12.8. The average molecular weight is 438 g/mol. The largest absolute Gasteiger partial charge is 0.497 e. The normalized spacial score (nSPS) is 11.0. The van der Waals surface area contributed by atoms with E-state index in [9.17, 15) is 9.59 Å². The van der Waals surface area contributed by atoms with Crippen LogP contribution in [0.3, 0.4) is 0 Å². The zero-order valence-corrected chi connectivity index (χ0v) is 18.0. The standard InChI is InChI=1S/C22H20ClN5O3/c1-13-4-7-16(23)10-18(13)25-21(29)12-27-22(30)28-14(2)24-19(11-20(28)26-27)15-5-8-17(31-3)9-6-15/h4-11H,12H2,1-3H3,(H,25,29). The molecule has 1 N–H and O–H groups in total. The number of hydrogen-bond acceptors (Lipinski definition) is 5. The number of nitrogens with one attached hydrogen (secondary N) is 1. The van der Waals surface area contributed by atoms with Gasteiger partial charge in [0.2, 0.25) is 5.91 Å². The first kappa shape index (κ1) is 20.6. The molecule has 1 amide bonds. The number of methoxy groups -OCH3 is 1. The van der Waals surface area contributed by atoms with Crippen molar-refractivity contribution >= 4 is 28.8 Å². The number of aromatic nitrogens is 4. The minimum absolute atomic E-state index is 0.232. The summed E-state index contributed by atoms with van der Waals surface area (Å²) in [5, 5.41) is 7.62. The van der Waals surface area contributed by atoms with Crippen LogP contribution in [0.2, 0.25) is 5.02 Å². The molecule has 0 bridgehead atoms. The van der Waals surface area contributed by atoms with Crippen LogP contribution in [-0.4, -0.2) is 32.2 Å². The zero-order chi connectivity index (χ0) is 22.1. The van der Waals surface area contributed by atoms with Crippen LogP contribution < -0.4 is 15.7 Å². The predicted octanol–water partition coefficient (Wildman–Crippen LogP) is 3.48. The van der Waals surface area contributed by atoms with Gasteiger partial charge in [-0.25, -0.2) is 18.9 Å². The number of benzene rings is 2. The monoisotopic (exact) mass is 437 g/mol. The fourth-order valence-corrected chi connectivity index (χ4v) is 3.44. The maximum Gasteiger partial charge on any atom is 0.352 e. The Morgan fingerprint density at radius 3 is 2.58 bits per heavy atom. The Balaban J connectivity index is 1.64. The van der Waals surface area contributed by atoms with Crippen LogP contribution in [0.15, 0.2) is 53.3 Å². The van der Waals surface area contributed by atoms with Gasteiger partial charge in [0.15, 0.2) is 5.65 Å². The van der Waals surface area contributed by atoms with Crippen molar-refractivity contribution in [2.75, 3.05) is 12.4 Å². The highest BCUT2D eigenvalue weighted by atomic mass is 35.5. The second-order valence-corrected chi connectivity index (χ2v) is 7.49. The van der Waals surface area contributed by atoms with Crippen LogP contribution in [0.1, 0.15) is 11.4 Å². The van der Waals surface area contributed by atoms with Crippen molar-refractivity contribution in [3.8, 4) is 17.0 Å². The maximum atomic E-state index is 12.8. The van der Waals surface area contributed by atoms with Gasteiger partial charge in [-0.15, -0.1) is 5.10 Å². The topological polar surface area (TPSA) is 90.5 Å². The molecular weight excluding hydrogens is 418 g/mol. The summed E-state index contributed by atoms with van der Waals surface area (Å²) >= 11 is 6.00. The number of nitrogens with zero attached hydrogens (tertiary/aromatic N) is 4. The van der Waals surface area contributed by atoms with Crippen LogP contribution in [0.5, 0.6) is 5.75 Å². The molecule has 0 unspecified atom stereocenters. The molecule has 0 aliphatic rings. The van der Waals surface area contributed by atoms with Gasteiger partial charge in [0.25, 0.3) is 0 Å². The molecule has 2 aromatic heterocycles. The van der Waals surface area contributed by atoms with E-state index in [2.05, 4.69) is 15.4 Å². The van der Waals surface area contributed by atoms with Crippen molar-refractivity contribution in [2.24, 2.45) is 0 Å². The summed E-state index contributed by atoms with van der Waals surface area (Å²) in [6.07, 6.45) is 0. The Kier molecular flexibility index (Phi) is 5.48. The number of halogens is 1. The molecule has 0 aliphatic heterocycles. The lowest BCUT2D eigenvalue weighted by molar-refractivity contribution is -0.117. The van der Waals surface area contributed by atoms with Crippen LogP contribution in [0.4, 0.5) is 5.69 Å². The molecule has 0 aliphatic carbocycles. The van der Waals surface area contributed by atoms with Crippen molar-refractivity contribution in [1.29, 1.82) is 0 Å². The summed E-state index contributed by atoms with van der Waals surface area (Å²) in [6.45, 7) is 3.35. The quantitative estimate of drug-likeness (QED) is 0.516. The third-order valence-corrected chi connectivity index (χ3v) is 5.12. The molecule has 0 radical (unpaired) electrons. The Morgan fingerprint density at radius 2 is 1.87 bits per heavy atom. The van der Waals surface area contributed by atoms with Crippen LogP contribution in [-0.2, 0) is 11.3 Å². The highest BCUT2D eigenvalue weighted by molar-refractivity contribution is 6.31. The van der Waals surface area contributed by atoms with Gasteiger partial charge >= 0.3 is 5.69 Å². The van der Waals surface area contributed by atoms with Gasteiger partial charge in [-0.1, -0.05) is 17.7 Å². The smallest absolute Gasteiger partial charge is 0.352 e. The van der Waals surface area contributed by atoms with E-state index < -0.39 is 5.69 Å². The number of carbonyl (C=O) groups excluding carboxylic acids is 1. The lowest BCUT2D eigenvalue weighted by Gasteiger charge is -2.08. The first-order valence-corrected chi connectivity index (χ1v) is 9.91. The fourth-order valence-electron chi connectivity index (χ4n) is 3.27. The van der Waals surface area contributed by atoms with Crippen molar-refractivity contribution in [1.82, 2.24) is 19.2 Å². The molecule has 0 saturated heterocycles. The lowest BCUT2D eigenvalue weighted by Crippen LogP contribution is -2.29. The van der Waals surface area contributed by atoms with E-state index in [-0.39, 0.29) is 12.5 Å². The molecule has 0 fully saturated rings. The summed E-state index contributed by atoms with van der Waals surface area (Å²) in [7, 11) is 1.60. The molecular formula is C22H20ClN5O3. The van der Waals surface area contributed by atoms with Crippen LogP contribution in [0.25, 0.3) is 16.9 Å². The molecule has 31 heavy (non-hydrogen) atoms. The first-order chi connectivity index (χ1) is 14.9. The first-order valence-electron chi connectivity index (χ1n) is 9.53. The van der Waals surface area contributed by atoms with Gasteiger partial charge in [-0.2, -0.15) is 0 Å². The van der Waals surface area contributed by atoms with Crippen LogP contribution >= 0.6 is 11.6 Å². The second-order valence-electron chi connectivity index (χ2n) is 7.06. The summed E-state index contributed by atoms with van der Waals surface area (Å²) in [4.78, 5) is 29.8. The Bertz CT molecular complexity index is 1340. The number of rotatable bonds is 5. The van der Waals surface area contributed by atoms with E-state index in [1.165, 1.54) is 4.40 Å². The van der Waals surface area contributed by atoms with Crippen LogP contribution in [0, 0.1) is 13.8 Å². The molecule has 0 atom stereocenters. The van der Waals surface area contributed by atoms with Gasteiger partial charge in [0, 0.05) is 22.3 Å². The van der Waals surface area contributed by atoms with E-state index in [4.69, 9.17) is 16.3 Å². The average Bonchev–Trinajstić information content (AvgIpc) is 3.06. The van der Waals surface area contributed by atoms with Crippen molar-refractivity contribution in [3.05, 3.63) is 75.4 Å². The molecule has 158 valence electrons. The number of aryl methyl sites for hydroxylation is 2. The van der Waals surface area contributed by atoms with E-state index in [1.54, 1.807) is 32.2 Å². The molecule has 2 aromatic carbocycles. The van der Waals surface area contributed by atoms with Gasteiger partial charge in [-0.05, 0) is 55.8 Å². The van der Waals surface area contributed by atoms with E-state index >= 15 is 0 Å². The molecule has 9 heteroatoms. The summed E-state index contributed by atoms with van der Waals surface area (Å²) in [6, 6.07) is 14.4. The Labute approximate surface area is 183 Å². The molecule has 4 rings (SSSR count). The van der Waals surface area contributed by atoms with Crippen molar-refractivity contribution in [3.63, 3.8) is 0 Å². The third kappa shape index (κ3) is 4.15. The van der Waals surface area contributed by atoms with Gasteiger partial charge < -0.3 is 10.1 Å². The number of hydrogen-bond donors (Lipinski definition) is 1. The predicted molar refractivity (Wildman–Crippen MR) is 119 cm³/mol. The molecule has 0 spiro atoms. The summed E-state index contributed by atoms with van der Waals surface area (Å²) in [5.74, 6) is 0.838. The van der Waals surface area contributed by atoms with Crippen molar-refractivity contribution < 1.29 is 9.53 Å². The third-order valence-electron chi connectivity index (χ3n) is 4.89. The van der Waals surface area contributed by atoms with E-state index in [1.807, 2.05) is 37.3 Å². The zero-order valence-electron chi connectivity index (χ0n) is 17.2. The molecule has 4 aromatic rings. The van der Waals surface area contributed by atoms with Gasteiger partial charge in [0.05, 0.1) is 12.8 Å². The Morgan fingerprint density at radius 1 is 1.13 bits per heavy atom. The fraction of sp³-hybridized carbons (Fsp3) is 0.182. The van der Waals surface area contributed by atoms with E-state index in [0.717, 1.165) is 21.6 Å². The highest BCUT2D eigenvalue weighted by Crippen LogP contribution is 2.22. The summed E-state index contributed by atoms with van der Waals surface area (Å²) < 4.78 is 7.69. The minimum Gasteiger partial charge on any atom is -0.497 e.